The number of furan rings is 1. The van der Waals surface area contributed by atoms with Gasteiger partial charge >= 0.3 is 5.91 Å². The third-order valence-electron chi connectivity index (χ3n) is 2.57. The van der Waals surface area contributed by atoms with E-state index in [9.17, 15) is 9.59 Å². The number of hydrogen-bond donors (Lipinski definition) is 3. The highest BCUT2D eigenvalue weighted by Crippen LogP contribution is 2.13. The third-order valence-corrected chi connectivity index (χ3v) is 2.57. The molecule has 0 bridgehead atoms. The number of likely N-dealkylation sites (N-methyl/N-ethyl adjacent to an activating group) is 2. The largest absolute Gasteiger partial charge is 0.459 e. The van der Waals surface area contributed by atoms with Gasteiger partial charge in [0.25, 0.3) is 0 Å². The summed E-state index contributed by atoms with van der Waals surface area (Å²) in [5.41, 5.74) is 2.72. The summed E-state index contributed by atoms with van der Waals surface area (Å²) >= 11 is 0. The van der Waals surface area contributed by atoms with Crippen molar-refractivity contribution in [2.24, 2.45) is 5.84 Å². The zero-order valence-corrected chi connectivity index (χ0v) is 10.5. The van der Waals surface area contributed by atoms with Crippen molar-refractivity contribution in [3.8, 4) is 0 Å². The Morgan fingerprint density at radius 2 is 2.22 bits per heavy atom. The number of hydrogen-bond acceptors (Lipinski definition) is 5. The first kappa shape index (κ1) is 14.2. The smallest absolute Gasteiger partial charge is 0.301 e. The number of nitrogens with zero attached hydrogens (tertiary/aromatic N) is 1. The summed E-state index contributed by atoms with van der Waals surface area (Å²) in [4.78, 5) is 24.6. The Morgan fingerprint density at radius 1 is 1.50 bits per heavy atom. The second kappa shape index (κ2) is 6.77. The van der Waals surface area contributed by atoms with Gasteiger partial charge in [0.15, 0.2) is 5.76 Å². The van der Waals surface area contributed by atoms with Crippen LogP contribution in [0.4, 0.5) is 0 Å². The summed E-state index contributed by atoms with van der Waals surface area (Å²) in [5, 5.41) is 2.55. The number of amides is 2. The summed E-state index contributed by atoms with van der Waals surface area (Å²) in [6.45, 7) is 3.33. The predicted molar refractivity (Wildman–Crippen MR) is 65.4 cm³/mol. The van der Waals surface area contributed by atoms with E-state index in [0.717, 1.165) is 0 Å². The highest BCUT2D eigenvalue weighted by atomic mass is 16.3. The molecule has 1 rings (SSSR count). The maximum Gasteiger partial charge on any atom is 0.301 e. The molecule has 1 aromatic rings. The van der Waals surface area contributed by atoms with Crippen molar-refractivity contribution >= 4 is 11.8 Å². The normalized spacial score (nSPS) is 10.4. The second-order valence-corrected chi connectivity index (χ2v) is 3.72. The number of nitrogen functional groups attached to an aromatic ring is 1. The highest BCUT2D eigenvalue weighted by Gasteiger charge is 2.17. The first-order chi connectivity index (χ1) is 8.62. The number of carbonyl (C=O) groups excluding carboxylic acids is 2. The van der Waals surface area contributed by atoms with Crippen molar-refractivity contribution in [3.63, 3.8) is 0 Å². The molecule has 4 N–H and O–H groups in total. The van der Waals surface area contributed by atoms with Crippen molar-refractivity contribution < 1.29 is 14.0 Å². The van der Waals surface area contributed by atoms with E-state index in [1.54, 1.807) is 13.1 Å². The van der Waals surface area contributed by atoms with E-state index in [2.05, 4.69) is 5.32 Å². The molecule has 0 saturated carbocycles. The number of rotatable bonds is 6. The van der Waals surface area contributed by atoms with Gasteiger partial charge in [-0.1, -0.05) is 6.92 Å². The van der Waals surface area contributed by atoms with Crippen LogP contribution in [-0.4, -0.2) is 36.9 Å². The molecule has 1 aromatic heterocycles. The number of hydrazine groups is 1. The summed E-state index contributed by atoms with van der Waals surface area (Å²) in [6.07, 6.45) is 1.42. The molecule has 7 heteroatoms. The van der Waals surface area contributed by atoms with Crippen LogP contribution in [0.15, 0.2) is 16.7 Å². The predicted octanol–water partition coefficient (Wildman–Crippen LogP) is -0.549. The molecule has 7 nitrogen and oxygen atoms in total. The zero-order chi connectivity index (χ0) is 13.5. The molecular weight excluding hydrogens is 236 g/mol. The fourth-order valence-corrected chi connectivity index (χ4v) is 1.53. The van der Waals surface area contributed by atoms with Crippen molar-refractivity contribution in [2.75, 3.05) is 20.1 Å². The van der Waals surface area contributed by atoms with Crippen LogP contribution in [-0.2, 0) is 11.3 Å². The standard InChI is InChI=1S/C11H18N4O3/c1-3-15(7-9(16)13-2)6-8-4-5-18-10(8)11(17)14-12/h4-5H,3,6-7,12H2,1-2H3,(H,13,16)(H,14,17). The Labute approximate surface area is 105 Å². The van der Waals surface area contributed by atoms with Crippen molar-refractivity contribution in [1.29, 1.82) is 0 Å². The van der Waals surface area contributed by atoms with Gasteiger partial charge < -0.3 is 9.73 Å². The number of carbonyl (C=O) groups is 2. The van der Waals surface area contributed by atoms with Gasteiger partial charge in [-0.3, -0.25) is 19.9 Å². The Kier molecular flexibility index (Phi) is 5.34. The lowest BCUT2D eigenvalue weighted by molar-refractivity contribution is -0.121. The molecule has 2 amide bonds. The van der Waals surface area contributed by atoms with Gasteiger partial charge in [0.1, 0.15) is 0 Å². The fraction of sp³-hybridized carbons (Fsp3) is 0.455. The molecular formula is C11H18N4O3. The Hall–Kier alpha value is -1.86. The highest BCUT2D eigenvalue weighted by molar-refractivity contribution is 5.92. The summed E-state index contributed by atoms with van der Waals surface area (Å²) in [7, 11) is 1.58. The molecule has 0 fully saturated rings. The molecule has 18 heavy (non-hydrogen) atoms. The quantitative estimate of drug-likeness (QED) is 0.359. The fourth-order valence-electron chi connectivity index (χ4n) is 1.53. The minimum atomic E-state index is -0.481. The molecule has 0 unspecified atom stereocenters. The Balaban J connectivity index is 2.73. The molecule has 0 radical (unpaired) electrons. The molecule has 0 aliphatic carbocycles. The van der Waals surface area contributed by atoms with E-state index in [1.165, 1.54) is 6.26 Å². The van der Waals surface area contributed by atoms with Crippen LogP contribution >= 0.6 is 0 Å². The minimum absolute atomic E-state index is 0.0785. The van der Waals surface area contributed by atoms with Crippen molar-refractivity contribution in [1.82, 2.24) is 15.6 Å². The average molecular weight is 254 g/mol. The van der Waals surface area contributed by atoms with E-state index in [1.807, 2.05) is 17.2 Å². The van der Waals surface area contributed by atoms with Crippen LogP contribution in [0.3, 0.4) is 0 Å². The summed E-state index contributed by atoms with van der Waals surface area (Å²) < 4.78 is 5.07. The molecule has 0 atom stereocenters. The molecule has 0 saturated heterocycles. The van der Waals surface area contributed by atoms with E-state index in [4.69, 9.17) is 10.3 Å². The van der Waals surface area contributed by atoms with Crippen LogP contribution in [0.5, 0.6) is 0 Å². The monoisotopic (exact) mass is 254 g/mol. The maximum absolute atomic E-state index is 11.4. The number of nitrogens with one attached hydrogen (secondary N) is 2. The average Bonchev–Trinajstić information content (AvgIpc) is 2.84. The third kappa shape index (κ3) is 3.57. The van der Waals surface area contributed by atoms with Gasteiger partial charge in [-0.2, -0.15) is 0 Å². The Bertz CT molecular complexity index is 416. The molecule has 0 aromatic carbocycles. The topological polar surface area (TPSA) is 101 Å². The SMILES string of the molecule is CCN(CC(=O)NC)Cc1ccoc1C(=O)NN. The van der Waals surface area contributed by atoms with Crippen LogP contribution < -0.4 is 16.6 Å². The lowest BCUT2D eigenvalue weighted by atomic mass is 10.2. The van der Waals surface area contributed by atoms with Gasteiger partial charge in [-0.15, -0.1) is 0 Å². The van der Waals surface area contributed by atoms with Gasteiger partial charge in [-0.25, -0.2) is 5.84 Å². The van der Waals surface area contributed by atoms with Crippen LogP contribution in [0, 0.1) is 0 Å². The lowest BCUT2D eigenvalue weighted by Crippen LogP contribution is -2.36. The number of nitrogens with two attached hydrogens (primary N) is 1. The first-order valence-electron chi connectivity index (χ1n) is 5.62. The van der Waals surface area contributed by atoms with E-state index < -0.39 is 5.91 Å². The van der Waals surface area contributed by atoms with Crippen LogP contribution in [0.1, 0.15) is 23.0 Å². The van der Waals surface area contributed by atoms with Crippen LogP contribution in [0.25, 0.3) is 0 Å². The lowest BCUT2D eigenvalue weighted by Gasteiger charge is -2.18. The minimum Gasteiger partial charge on any atom is -0.459 e. The van der Waals surface area contributed by atoms with Gasteiger partial charge in [-0.05, 0) is 12.6 Å². The van der Waals surface area contributed by atoms with E-state index in [-0.39, 0.29) is 18.2 Å². The molecule has 0 aliphatic rings. The first-order valence-corrected chi connectivity index (χ1v) is 5.62. The molecule has 0 aliphatic heterocycles. The summed E-state index contributed by atoms with van der Waals surface area (Å²) in [6, 6.07) is 1.69. The van der Waals surface area contributed by atoms with Crippen molar-refractivity contribution in [3.05, 3.63) is 23.7 Å². The van der Waals surface area contributed by atoms with Gasteiger partial charge in [0.2, 0.25) is 5.91 Å². The second-order valence-electron chi connectivity index (χ2n) is 3.72. The van der Waals surface area contributed by atoms with Crippen LogP contribution in [0.2, 0.25) is 0 Å². The molecule has 100 valence electrons. The van der Waals surface area contributed by atoms with E-state index >= 15 is 0 Å². The Morgan fingerprint density at radius 3 is 2.78 bits per heavy atom. The van der Waals surface area contributed by atoms with Gasteiger partial charge in [0, 0.05) is 19.2 Å². The van der Waals surface area contributed by atoms with Gasteiger partial charge in [0.05, 0.1) is 12.8 Å². The van der Waals surface area contributed by atoms with Crippen molar-refractivity contribution in [2.45, 2.75) is 13.5 Å². The molecule has 1 heterocycles. The van der Waals surface area contributed by atoms with E-state index in [0.29, 0.717) is 18.7 Å². The summed E-state index contributed by atoms with van der Waals surface area (Å²) in [5.74, 6) is 4.68. The maximum atomic E-state index is 11.4. The zero-order valence-electron chi connectivity index (χ0n) is 10.5. The molecule has 0 spiro atoms.